The maximum absolute atomic E-state index is 5.99. The largest absolute Gasteiger partial charge is 0.488 e. The molecule has 0 saturated heterocycles. The van der Waals surface area contributed by atoms with Gasteiger partial charge in [0.2, 0.25) is 0 Å². The normalized spacial score (nSPS) is 11.7. The van der Waals surface area contributed by atoms with Gasteiger partial charge in [-0.15, -0.1) is 0 Å². The van der Waals surface area contributed by atoms with E-state index in [1.807, 2.05) is 12.1 Å². The lowest BCUT2D eigenvalue weighted by molar-refractivity contribution is 0.294. The maximum Gasteiger partial charge on any atom is 0.123 e. The molecule has 1 aromatic carbocycles. The quantitative estimate of drug-likeness (QED) is 0.918. The number of ether oxygens (including phenoxy) is 1. The number of hydrogen-bond donors (Lipinski definition) is 1. The summed E-state index contributed by atoms with van der Waals surface area (Å²) in [6.07, 6.45) is 1.65. The molecule has 3 nitrogen and oxygen atoms in total. The molecular weight excluding hydrogens is 250 g/mol. The molecule has 0 aliphatic rings. The Bertz CT molecular complexity index is 579. The van der Waals surface area contributed by atoms with E-state index in [9.17, 15) is 0 Å². The van der Waals surface area contributed by atoms with E-state index in [0.717, 1.165) is 17.1 Å². The van der Waals surface area contributed by atoms with Crippen molar-refractivity contribution in [3.8, 4) is 5.75 Å². The fourth-order valence-corrected chi connectivity index (χ4v) is 2.19. The first-order valence-electron chi connectivity index (χ1n) is 6.91. The summed E-state index contributed by atoms with van der Waals surface area (Å²) in [5.74, 6) is 1.71. The van der Waals surface area contributed by atoms with E-state index in [4.69, 9.17) is 14.9 Å². The zero-order valence-electron chi connectivity index (χ0n) is 12.7. The Balaban J connectivity index is 2.22. The van der Waals surface area contributed by atoms with Crippen molar-refractivity contribution < 1.29 is 9.15 Å². The molecule has 20 heavy (non-hydrogen) atoms. The molecule has 0 radical (unpaired) electrons. The van der Waals surface area contributed by atoms with E-state index in [-0.39, 0.29) is 5.41 Å². The molecule has 2 aromatic rings. The van der Waals surface area contributed by atoms with Gasteiger partial charge in [0, 0.05) is 5.56 Å². The van der Waals surface area contributed by atoms with E-state index >= 15 is 0 Å². The van der Waals surface area contributed by atoms with E-state index in [0.29, 0.717) is 13.2 Å². The summed E-state index contributed by atoms with van der Waals surface area (Å²) < 4.78 is 11.3. The highest BCUT2D eigenvalue weighted by Crippen LogP contribution is 2.32. The maximum atomic E-state index is 5.99. The molecule has 0 aliphatic carbocycles. The number of aryl methyl sites for hydroxylation is 1. The second-order valence-electron chi connectivity index (χ2n) is 6.11. The van der Waals surface area contributed by atoms with Crippen LogP contribution in [-0.2, 0) is 18.6 Å². The van der Waals surface area contributed by atoms with E-state index in [2.05, 4.69) is 39.8 Å². The third kappa shape index (κ3) is 3.23. The molecule has 0 bridgehead atoms. The van der Waals surface area contributed by atoms with Crippen LogP contribution in [0.25, 0.3) is 0 Å². The second-order valence-corrected chi connectivity index (χ2v) is 6.11. The lowest BCUT2D eigenvalue weighted by Gasteiger charge is -2.23. The number of hydrogen-bond acceptors (Lipinski definition) is 3. The minimum Gasteiger partial charge on any atom is -0.488 e. The Morgan fingerprint density at radius 1 is 1.20 bits per heavy atom. The second kappa shape index (κ2) is 5.71. The van der Waals surface area contributed by atoms with Gasteiger partial charge in [0.1, 0.15) is 18.1 Å². The number of benzene rings is 1. The van der Waals surface area contributed by atoms with Crippen molar-refractivity contribution in [2.24, 2.45) is 5.73 Å². The molecule has 0 amide bonds. The molecular formula is C17H23NO2. The summed E-state index contributed by atoms with van der Waals surface area (Å²) in [6, 6.07) is 8.21. The molecule has 2 N–H and O–H groups in total. The summed E-state index contributed by atoms with van der Waals surface area (Å²) in [7, 11) is 0. The van der Waals surface area contributed by atoms with Crippen molar-refractivity contribution in [2.45, 2.75) is 46.3 Å². The van der Waals surface area contributed by atoms with E-state index < -0.39 is 0 Å². The topological polar surface area (TPSA) is 48.4 Å². The fraction of sp³-hybridized carbons (Fsp3) is 0.412. The average molecular weight is 273 g/mol. The van der Waals surface area contributed by atoms with Crippen LogP contribution in [0.15, 0.2) is 34.9 Å². The summed E-state index contributed by atoms with van der Waals surface area (Å²) in [6.45, 7) is 9.55. The highest BCUT2D eigenvalue weighted by Gasteiger charge is 2.19. The molecule has 0 saturated carbocycles. The molecule has 1 heterocycles. The Hall–Kier alpha value is -1.74. The third-order valence-electron chi connectivity index (χ3n) is 3.35. The van der Waals surface area contributed by atoms with Crippen LogP contribution in [0.3, 0.4) is 0 Å². The first-order valence-corrected chi connectivity index (χ1v) is 6.91. The van der Waals surface area contributed by atoms with Gasteiger partial charge in [0.05, 0.1) is 12.8 Å². The van der Waals surface area contributed by atoms with E-state index in [1.54, 1.807) is 6.26 Å². The van der Waals surface area contributed by atoms with Crippen molar-refractivity contribution in [1.29, 1.82) is 0 Å². The summed E-state index contributed by atoms with van der Waals surface area (Å²) in [5, 5.41) is 0. The van der Waals surface area contributed by atoms with Crippen molar-refractivity contribution in [3.05, 3.63) is 53.0 Å². The third-order valence-corrected chi connectivity index (χ3v) is 3.35. The Kier molecular flexibility index (Phi) is 4.19. The molecule has 1 aromatic heterocycles. The van der Waals surface area contributed by atoms with Crippen LogP contribution in [0.1, 0.15) is 43.2 Å². The van der Waals surface area contributed by atoms with Crippen molar-refractivity contribution in [2.75, 3.05) is 0 Å². The Morgan fingerprint density at radius 2 is 1.95 bits per heavy atom. The van der Waals surface area contributed by atoms with Gasteiger partial charge in [-0.2, -0.15) is 0 Å². The smallest absolute Gasteiger partial charge is 0.123 e. The van der Waals surface area contributed by atoms with Gasteiger partial charge in [-0.1, -0.05) is 38.5 Å². The number of rotatable bonds is 4. The van der Waals surface area contributed by atoms with Crippen molar-refractivity contribution in [1.82, 2.24) is 0 Å². The van der Waals surface area contributed by atoms with Crippen LogP contribution >= 0.6 is 0 Å². The van der Waals surface area contributed by atoms with E-state index in [1.165, 1.54) is 11.1 Å². The zero-order chi connectivity index (χ0) is 14.8. The first kappa shape index (κ1) is 14.7. The minimum absolute atomic E-state index is 0.0500. The van der Waals surface area contributed by atoms with Gasteiger partial charge in [0.25, 0.3) is 0 Å². The number of furan rings is 1. The van der Waals surface area contributed by atoms with Crippen LogP contribution in [0.4, 0.5) is 0 Å². The van der Waals surface area contributed by atoms with Gasteiger partial charge in [0.15, 0.2) is 0 Å². The van der Waals surface area contributed by atoms with Crippen LogP contribution in [-0.4, -0.2) is 0 Å². The average Bonchev–Trinajstić information content (AvgIpc) is 2.83. The highest BCUT2D eigenvalue weighted by atomic mass is 16.5. The number of nitrogens with two attached hydrogens (primary N) is 1. The lowest BCUT2D eigenvalue weighted by atomic mass is 9.85. The molecule has 0 atom stereocenters. The monoisotopic (exact) mass is 273 g/mol. The van der Waals surface area contributed by atoms with Gasteiger partial charge >= 0.3 is 0 Å². The van der Waals surface area contributed by atoms with Gasteiger partial charge in [-0.05, 0) is 30.0 Å². The SMILES string of the molecule is Cc1ccc(OCc2ccoc2CN)c(C(C)(C)C)c1. The predicted molar refractivity (Wildman–Crippen MR) is 80.8 cm³/mol. The van der Waals surface area contributed by atoms with Crippen LogP contribution in [0, 0.1) is 6.92 Å². The van der Waals surface area contributed by atoms with Crippen LogP contribution in [0.5, 0.6) is 5.75 Å². The first-order chi connectivity index (χ1) is 9.41. The summed E-state index contributed by atoms with van der Waals surface area (Å²) in [5.41, 5.74) is 9.15. The van der Waals surface area contributed by atoms with Gasteiger partial charge in [-0.3, -0.25) is 0 Å². The van der Waals surface area contributed by atoms with Crippen LogP contribution in [0.2, 0.25) is 0 Å². The summed E-state index contributed by atoms with van der Waals surface area (Å²) in [4.78, 5) is 0. The van der Waals surface area contributed by atoms with Gasteiger partial charge in [-0.25, -0.2) is 0 Å². The van der Waals surface area contributed by atoms with Crippen molar-refractivity contribution in [3.63, 3.8) is 0 Å². The Morgan fingerprint density at radius 3 is 2.60 bits per heavy atom. The minimum atomic E-state index is 0.0500. The zero-order valence-corrected chi connectivity index (χ0v) is 12.7. The molecule has 0 spiro atoms. The van der Waals surface area contributed by atoms with Crippen LogP contribution < -0.4 is 10.5 Å². The lowest BCUT2D eigenvalue weighted by Crippen LogP contribution is -2.14. The molecule has 0 fully saturated rings. The molecule has 108 valence electrons. The molecule has 0 aliphatic heterocycles. The molecule has 0 unspecified atom stereocenters. The predicted octanol–water partition coefficient (Wildman–Crippen LogP) is 3.92. The van der Waals surface area contributed by atoms with Crippen molar-refractivity contribution >= 4 is 0 Å². The molecule has 3 heteroatoms. The fourth-order valence-electron chi connectivity index (χ4n) is 2.19. The standard InChI is InChI=1S/C17H23NO2/c1-12-5-6-15(14(9-12)17(2,3)4)20-11-13-7-8-19-16(13)10-18/h5-9H,10-11,18H2,1-4H3. The Labute approximate surface area is 120 Å². The highest BCUT2D eigenvalue weighted by molar-refractivity contribution is 5.41. The van der Waals surface area contributed by atoms with Gasteiger partial charge < -0.3 is 14.9 Å². The summed E-state index contributed by atoms with van der Waals surface area (Å²) >= 11 is 0. The molecule has 2 rings (SSSR count).